The van der Waals surface area contributed by atoms with Gasteiger partial charge >= 0.3 is 6.09 Å². The number of halogens is 1. The normalized spacial score (nSPS) is 10.2. The van der Waals surface area contributed by atoms with Gasteiger partial charge in [0.25, 0.3) is 0 Å². The lowest BCUT2D eigenvalue weighted by molar-refractivity contribution is 0.168. The molecule has 2 aromatic rings. The molecule has 1 amide bonds. The molecule has 0 unspecified atom stereocenters. The van der Waals surface area contributed by atoms with Crippen molar-refractivity contribution >= 4 is 39.2 Å². The fourth-order valence-corrected chi connectivity index (χ4v) is 2.35. The molecule has 1 aromatic carbocycles. The van der Waals surface area contributed by atoms with Crippen molar-refractivity contribution < 1.29 is 9.53 Å². The molecule has 100 valence electrons. The minimum Gasteiger partial charge on any atom is -0.450 e. The minimum atomic E-state index is -0.527. The number of carbonyl (C=O) groups excluding carboxylic acids is 1. The molecule has 1 heterocycles. The molecule has 0 atom stereocenters. The lowest BCUT2D eigenvalue weighted by atomic mass is 10.2. The number of nitrogen functional groups attached to an aromatic ring is 1. The number of ether oxygens (including phenoxy) is 1. The van der Waals surface area contributed by atoms with Crippen LogP contribution < -0.4 is 11.1 Å². The van der Waals surface area contributed by atoms with E-state index in [2.05, 4.69) is 10.3 Å². The van der Waals surface area contributed by atoms with Gasteiger partial charge in [-0.05, 0) is 19.1 Å². The van der Waals surface area contributed by atoms with Crippen LogP contribution in [-0.2, 0) is 4.74 Å². The van der Waals surface area contributed by atoms with E-state index in [9.17, 15) is 4.79 Å². The van der Waals surface area contributed by atoms with E-state index in [-0.39, 0.29) is 0 Å². The first kappa shape index (κ1) is 13.6. The Kier molecular flexibility index (Phi) is 4.24. The molecular weight excluding hydrogens is 286 g/mol. The van der Waals surface area contributed by atoms with Crippen LogP contribution in [0.25, 0.3) is 11.3 Å². The number of nitrogens with two attached hydrogens (primary N) is 1. The molecule has 2 rings (SSSR count). The van der Waals surface area contributed by atoms with Crippen molar-refractivity contribution in [1.82, 2.24) is 4.98 Å². The van der Waals surface area contributed by atoms with Crippen LogP contribution in [0, 0.1) is 0 Å². The smallest absolute Gasteiger partial charge is 0.412 e. The quantitative estimate of drug-likeness (QED) is 0.907. The van der Waals surface area contributed by atoms with Gasteiger partial charge in [0.2, 0.25) is 0 Å². The van der Waals surface area contributed by atoms with Gasteiger partial charge in [-0.1, -0.05) is 35.1 Å². The summed E-state index contributed by atoms with van der Waals surface area (Å²) in [6, 6.07) is 7.13. The Balaban J connectivity index is 2.30. The van der Waals surface area contributed by atoms with Crippen LogP contribution in [0.4, 0.5) is 14.9 Å². The van der Waals surface area contributed by atoms with E-state index in [0.717, 1.165) is 5.56 Å². The Labute approximate surface area is 119 Å². The second kappa shape index (κ2) is 5.90. The molecule has 0 aliphatic heterocycles. The summed E-state index contributed by atoms with van der Waals surface area (Å²) in [4.78, 5) is 15.6. The van der Waals surface area contributed by atoms with Crippen molar-refractivity contribution in [3.8, 4) is 11.3 Å². The topological polar surface area (TPSA) is 77.2 Å². The van der Waals surface area contributed by atoms with E-state index in [1.165, 1.54) is 11.3 Å². The van der Waals surface area contributed by atoms with Crippen molar-refractivity contribution in [2.45, 2.75) is 6.92 Å². The highest BCUT2D eigenvalue weighted by molar-refractivity contribution is 7.20. The van der Waals surface area contributed by atoms with Gasteiger partial charge in [0, 0.05) is 10.6 Å². The third-order valence-electron chi connectivity index (χ3n) is 2.25. The lowest BCUT2D eigenvalue weighted by Gasteiger charge is -2.05. The van der Waals surface area contributed by atoms with E-state index >= 15 is 0 Å². The van der Waals surface area contributed by atoms with Crippen molar-refractivity contribution in [3.63, 3.8) is 0 Å². The van der Waals surface area contributed by atoms with Crippen LogP contribution in [0.1, 0.15) is 6.92 Å². The Morgan fingerprint density at radius 2 is 2.16 bits per heavy atom. The number of hydrogen-bond acceptors (Lipinski definition) is 5. The van der Waals surface area contributed by atoms with Crippen LogP contribution in [0.3, 0.4) is 0 Å². The van der Waals surface area contributed by atoms with Gasteiger partial charge in [0.05, 0.1) is 6.61 Å². The predicted octanol–water partition coefficient (Wildman–Crippen LogP) is 3.61. The molecular formula is C12H12ClN3O2S. The molecule has 1 aromatic heterocycles. The molecule has 5 nitrogen and oxygen atoms in total. The maximum atomic E-state index is 11.4. The molecule has 0 saturated carbocycles. The average molecular weight is 298 g/mol. The number of benzene rings is 1. The second-order valence-corrected chi connectivity index (χ2v) is 5.05. The molecule has 7 heteroatoms. The van der Waals surface area contributed by atoms with E-state index in [1.807, 2.05) is 12.1 Å². The first-order valence-corrected chi connectivity index (χ1v) is 6.75. The van der Waals surface area contributed by atoms with Crippen LogP contribution >= 0.6 is 22.9 Å². The first-order valence-electron chi connectivity index (χ1n) is 5.56. The monoisotopic (exact) mass is 297 g/mol. The SMILES string of the molecule is CCOC(=O)Nc1sc(N)nc1-c1ccc(Cl)cc1. The van der Waals surface area contributed by atoms with Crippen LogP contribution in [0.15, 0.2) is 24.3 Å². The number of rotatable bonds is 3. The zero-order valence-electron chi connectivity index (χ0n) is 10.1. The largest absolute Gasteiger partial charge is 0.450 e. The van der Waals surface area contributed by atoms with Gasteiger partial charge in [-0.3, -0.25) is 5.32 Å². The maximum absolute atomic E-state index is 11.4. The number of carbonyl (C=O) groups is 1. The Morgan fingerprint density at radius 1 is 1.47 bits per heavy atom. The van der Waals surface area contributed by atoms with E-state index in [4.69, 9.17) is 22.1 Å². The first-order chi connectivity index (χ1) is 9.10. The molecule has 0 saturated heterocycles. The summed E-state index contributed by atoms with van der Waals surface area (Å²) in [5, 5.41) is 4.18. The van der Waals surface area contributed by atoms with Crippen molar-refractivity contribution in [1.29, 1.82) is 0 Å². The number of amides is 1. The van der Waals surface area contributed by atoms with Gasteiger partial charge in [-0.25, -0.2) is 9.78 Å². The maximum Gasteiger partial charge on any atom is 0.412 e. The Morgan fingerprint density at radius 3 is 2.79 bits per heavy atom. The molecule has 3 N–H and O–H groups in total. The van der Waals surface area contributed by atoms with Crippen molar-refractivity contribution in [3.05, 3.63) is 29.3 Å². The molecule has 0 radical (unpaired) electrons. The number of hydrogen-bond donors (Lipinski definition) is 2. The molecule has 0 spiro atoms. The van der Waals surface area contributed by atoms with E-state index in [0.29, 0.717) is 27.5 Å². The standard InChI is InChI=1S/C12H12ClN3O2S/c1-2-18-12(17)16-10-9(15-11(14)19-10)7-3-5-8(13)6-4-7/h3-6H,2H2,1H3,(H2,14,15)(H,16,17). The highest BCUT2D eigenvalue weighted by atomic mass is 35.5. The number of anilines is 2. The van der Waals surface area contributed by atoms with Gasteiger partial charge in [0.15, 0.2) is 5.13 Å². The van der Waals surface area contributed by atoms with Crippen molar-refractivity contribution in [2.75, 3.05) is 17.7 Å². The summed E-state index contributed by atoms with van der Waals surface area (Å²) in [5.74, 6) is 0. The van der Waals surface area contributed by atoms with Gasteiger partial charge in [0.1, 0.15) is 10.7 Å². The zero-order chi connectivity index (χ0) is 13.8. The average Bonchev–Trinajstić information content (AvgIpc) is 2.71. The van der Waals surface area contributed by atoms with Crippen LogP contribution in [0.2, 0.25) is 5.02 Å². The number of aromatic nitrogens is 1. The summed E-state index contributed by atoms with van der Waals surface area (Å²) < 4.78 is 4.83. The molecule has 19 heavy (non-hydrogen) atoms. The third kappa shape index (κ3) is 3.36. The summed E-state index contributed by atoms with van der Waals surface area (Å²) in [7, 11) is 0. The van der Waals surface area contributed by atoms with Crippen LogP contribution in [0.5, 0.6) is 0 Å². The van der Waals surface area contributed by atoms with E-state index in [1.54, 1.807) is 19.1 Å². The highest BCUT2D eigenvalue weighted by Crippen LogP contribution is 2.34. The van der Waals surface area contributed by atoms with Gasteiger partial charge < -0.3 is 10.5 Å². The Bertz CT molecular complexity index is 583. The molecule has 0 aliphatic carbocycles. The summed E-state index contributed by atoms with van der Waals surface area (Å²) >= 11 is 7.03. The fraction of sp³-hybridized carbons (Fsp3) is 0.167. The second-order valence-electron chi connectivity index (χ2n) is 3.58. The molecule has 0 fully saturated rings. The predicted molar refractivity (Wildman–Crippen MR) is 77.6 cm³/mol. The summed E-state index contributed by atoms with van der Waals surface area (Å²) in [6.07, 6.45) is -0.527. The van der Waals surface area contributed by atoms with Gasteiger partial charge in [-0.15, -0.1) is 0 Å². The zero-order valence-corrected chi connectivity index (χ0v) is 11.7. The number of thiazole rings is 1. The number of nitrogens with one attached hydrogen (secondary N) is 1. The minimum absolute atomic E-state index is 0.302. The highest BCUT2D eigenvalue weighted by Gasteiger charge is 2.14. The fourth-order valence-electron chi connectivity index (χ4n) is 1.48. The summed E-state index contributed by atoms with van der Waals surface area (Å²) in [6.45, 7) is 2.04. The third-order valence-corrected chi connectivity index (χ3v) is 3.30. The lowest BCUT2D eigenvalue weighted by Crippen LogP contribution is -2.12. The molecule has 0 aliphatic rings. The Hall–Kier alpha value is -1.79. The van der Waals surface area contributed by atoms with E-state index < -0.39 is 6.09 Å². The molecule has 0 bridgehead atoms. The van der Waals surface area contributed by atoms with Crippen molar-refractivity contribution in [2.24, 2.45) is 0 Å². The van der Waals surface area contributed by atoms with Gasteiger partial charge in [-0.2, -0.15) is 0 Å². The van der Waals surface area contributed by atoms with Crippen LogP contribution in [-0.4, -0.2) is 17.7 Å². The number of nitrogens with zero attached hydrogens (tertiary/aromatic N) is 1. The summed E-state index contributed by atoms with van der Waals surface area (Å²) in [5.41, 5.74) is 7.11.